The maximum atomic E-state index is 10.3. The number of rotatable bonds is 9. The first kappa shape index (κ1) is 27.5. The van der Waals surface area contributed by atoms with E-state index >= 15 is 0 Å². The smallest absolute Gasteiger partial charge is 0.124 e. The molecule has 2 atom stereocenters. The van der Waals surface area contributed by atoms with Crippen molar-refractivity contribution in [3.05, 3.63) is 119 Å². The number of nitrogens with zero attached hydrogens (tertiary/aromatic N) is 2. The van der Waals surface area contributed by atoms with E-state index < -0.39 is 12.1 Å². The Labute approximate surface area is 227 Å². The molecule has 37 heavy (non-hydrogen) atoms. The van der Waals surface area contributed by atoms with Gasteiger partial charge >= 0.3 is 0 Å². The van der Waals surface area contributed by atoms with Gasteiger partial charge in [0.25, 0.3) is 0 Å². The van der Waals surface area contributed by atoms with Crippen LogP contribution in [0.3, 0.4) is 0 Å². The predicted molar refractivity (Wildman–Crippen MR) is 143 cm³/mol. The third kappa shape index (κ3) is 7.00. The molecule has 0 heterocycles. The van der Waals surface area contributed by atoms with Crippen LogP contribution in [-0.4, -0.2) is 36.9 Å². The SMILES string of the molecule is COc1ccc([C@@H](N=Cc2ccccc2O)[C@@H](N=Cc2ccccc2O)c2ccc(OC)cc2)cc1.[Co]. The number of hydrogen-bond acceptors (Lipinski definition) is 6. The number of methoxy groups -OCH3 is 2. The van der Waals surface area contributed by atoms with Crippen LogP contribution in [0.2, 0.25) is 0 Å². The van der Waals surface area contributed by atoms with Gasteiger partial charge in [0.1, 0.15) is 35.1 Å². The van der Waals surface area contributed by atoms with E-state index in [1.165, 1.54) is 0 Å². The van der Waals surface area contributed by atoms with Gasteiger partial charge in [0, 0.05) is 40.3 Å². The van der Waals surface area contributed by atoms with Crippen LogP contribution in [0.15, 0.2) is 107 Å². The van der Waals surface area contributed by atoms with Gasteiger partial charge in [-0.25, -0.2) is 0 Å². The van der Waals surface area contributed by atoms with E-state index in [1.807, 2.05) is 60.7 Å². The molecule has 0 spiro atoms. The Bertz CT molecular complexity index is 1230. The summed E-state index contributed by atoms with van der Waals surface area (Å²) in [5, 5.41) is 20.6. The number of aliphatic imine (C=N–C) groups is 2. The second kappa shape index (κ2) is 13.3. The molecule has 0 unspecified atom stereocenters. The molecule has 0 aliphatic heterocycles. The van der Waals surface area contributed by atoms with Crippen LogP contribution in [0.5, 0.6) is 23.0 Å². The average Bonchev–Trinajstić information content (AvgIpc) is 2.92. The Morgan fingerprint density at radius 3 is 1.24 bits per heavy atom. The van der Waals surface area contributed by atoms with Crippen molar-refractivity contribution in [2.45, 2.75) is 12.1 Å². The van der Waals surface area contributed by atoms with Crippen molar-refractivity contribution in [1.29, 1.82) is 0 Å². The molecule has 0 bridgehead atoms. The van der Waals surface area contributed by atoms with Crippen LogP contribution >= 0.6 is 0 Å². The molecule has 0 saturated carbocycles. The van der Waals surface area contributed by atoms with Crippen molar-refractivity contribution in [1.82, 2.24) is 0 Å². The normalized spacial score (nSPS) is 12.7. The molecular weight excluding hydrogens is 511 g/mol. The molecule has 6 nitrogen and oxygen atoms in total. The van der Waals surface area contributed by atoms with Gasteiger partial charge in [-0.1, -0.05) is 48.5 Å². The number of ether oxygens (including phenoxy) is 2. The fourth-order valence-electron chi connectivity index (χ4n) is 3.82. The van der Waals surface area contributed by atoms with Crippen LogP contribution in [0.1, 0.15) is 34.3 Å². The summed E-state index contributed by atoms with van der Waals surface area (Å²) in [5.41, 5.74) is 3.04. The summed E-state index contributed by atoms with van der Waals surface area (Å²) >= 11 is 0. The van der Waals surface area contributed by atoms with Gasteiger partial charge in [-0.3, -0.25) is 9.98 Å². The standard InChI is InChI=1S/C30H28N2O4.Co/c1-35-25-15-11-21(12-16-25)29(31-19-23-7-3-5-9-27(23)33)30(22-13-17-26(36-2)18-14-22)32-20-24-8-4-6-10-28(24)34;/h3-20,29-30,33-34H,1-2H3;/t29-,30+;. The summed E-state index contributed by atoms with van der Waals surface area (Å²) in [5.74, 6) is 1.77. The molecule has 0 aliphatic carbocycles. The van der Waals surface area contributed by atoms with Gasteiger partial charge in [-0.05, 0) is 59.7 Å². The largest absolute Gasteiger partial charge is 0.507 e. The number of para-hydroxylation sites is 2. The number of phenolic OH excluding ortho intramolecular Hbond substituents is 2. The molecule has 7 heteroatoms. The molecule has 0 amide bonds. The number of phenols is 2. The molecule has 1 radical (unpaired) electrons. The van der Waals surface area contributed by atoms with Crippen molar-refractivity contribution in [3.8, 4) is 23.0 Å². The minimum atomic E-state index is -0.439. The Morgan fingerprint density at radius 2 is 0.919 bits per heavy atom. The molecule has 4 aromatic carbocycles. The quantitative estimate of drug-likeness (QED) is 0.251. The maximum Gasteiger partial charge on any atom is 0.124 e. The monoisotopic (exact) mass is 539 g/mol. The molecule has 0 fully saturated rings. The van der Waals surface area contributed by atoms with Gasteiger partial charge in [0.15, 0.2) is 0 Å². The van der Waals surface area contributed by atoms with Crippen molar-refractivity contribution < 1.29 is 36.5 Å². The van der Waals surface area contributed by atoms with Crippen LogP contribution in [0.25, 0.3) is 0 Å². The number of benzene rings is 4. The van der Waals surface area contributed by atoms with Crippen LogP contribution in [0, 0.1) is 0 Å². The van der Waals surface area contributed by atoms with E-state index in [2.05, 4.69) is 0 Å². The first-order chi connectivity index (χ1) is 17.6. The molecule has 4 aromatic rings. The van der Waals surface area contributed by atoms with Gasteiger partial charge in [-0.2, -0.15) is 0 Å². The first-order valence-electron chi connectivity index (χ1n) is 11.5. The van der Waals surface area contributed by atoms with E-state index in [1.54, 1.807) is 63.0 Å². The van der Waals surface area contributed by atoms with Crippen LogP contribution in [-0.2, 0) is 16.8 Å². The predicted octanol–water partition coefficient (Wildman–Crippen LogP) is 6.13. The van der Waals surface area contributed by atoms with E-state index in [0.29, 0.717) is 11.1 Å². The molecule has 0 saturated heterocycles. The second-order valence-electron chi connectivity index (χ2n) is 8.11. The Hall–Kier alpha value is -4.07. The summed E-state index contributed by atoms with van der Waals surface area (Å²) in [7, 11) is 3.25. The minimum Gasteiger partial charge on any atom is -0.507 e. The summed E-state index contributed by atoms with van der Waals surface area (Å²) in [6.45, 7) is 0. The molecule has 0 aromatic heterocycles. The topological polar surface area (TPSA) is 83.6 Å². The van der Waals surface area contributed by atoms with E-state index in [4.69, 9.17) is 19.5 Å². The van der Waals surface area contributed by atoms with E-state index in [9.17, 15) is 10.2 Å². The summed E-state index contributed by atoms with van der Waals surface area (Å²) in [6.07, 6.45) is 3.33. The van der Waals surface area contributed by atoms with E-state index in [0.717, 1.165) is 22.6 Å². The van der Waals surface area contributed by atoms with E-state index in [-0.39, 0.29) is 28.3 Å². The third-order valence-electron chi connectivity index (χ3n) is 5.84. The molecule has 4 rings (SSSR count). The van der Waals surface area contributed by atoms with Crippen LogP contribution in [0.4, 0.5) is 0 Å². The molecule has 0 aliphatic rings. The number of hydrogen-bond donors (Lipinski definition) is 2. The first-order valence-corrected chi connectivity index (χ1v) is 11.5. The number of aromatic hydroxyl groups is 2. The Morgan fingerprint density at radius 1 is 0.568 bits per heavy atom. The fourth-order valence-corrected chi connectivity index (χ4v) is 3.82. The van der Waals surface area contributed by atoms with Crippen molar-refractivity contribution in [3.63, 3.8) is 0 Å². The Balaban J connectivity index is 0.00000380. The fraction of sp³-hybridized carbons (Fsp3) is 0.133. The summed E-state index contributed by atoms with van der Waals surface area (Å²) < 4.78 is 10.7. The second-order valence-corrected chi connectivity index (χ2v) is 8.11. The van der Waals surface area contributed by atoms with Crippen molar-refractivity contribution in [2.24, 2.45) is 9.98 Å². The summed E-state index contributed by atoms with van der Waals surface area (Å²) in [4.78, 5) is 9.80. The van der Waals surface area contributed by atoms with Gasteiger partial charge in [0.05, 0.1) is 14.2 Å². The Kier molecular flexibility index (Phi) is 9.89. The average molecular weight is 539 g/mol. The molecule has 2 N–H and O–H groups in total. The zero-order valence-corrected chi connectivity index (χ0v) is 21.5. The van der Waals surface area contributed by atoms with Crippen LogP contribution < -0.4 is 9.47 Å². The van der Waals surface area contributed by atoms with Gasteiger partial charge in [0.2, 0.25) is 0 Å². The maximum absolute atomic E-state index is 10.3. The molecular formula is C30H28CoN2O4. The van der Waals surface area contributed by atoms with Crippen molar-refractivity contribution in [2.75, 3.05) is 14.2 Å². The van der Waals surface area contributed by atoms with Crippen molar-refractivity contribution >= 4 is 12.4 Å². The van der Waals surface area contributed by atoms with Gasteiger partial charge < -0.3 is 19.7 Å². The van der Waals surface area contributed by atoms with Gasteiger partial charge in [-0.15, -0.1) is 0 Å². The zero-order chi connectivity index (χ0) is 25.3. The molecule has 191 valence electrons. The summed E-state index contributed by atoms with van der Waals surface area (Å²) in [6, 6.07) is 28.6. The zero-order valence-electron chi connectivity index (χ0n) is 20.5. The third-order valence-corrected chi connectivity index (χ3v) is 5.84. The minimum absolute atomic E-state index is 0.